The number of rotatable bonds is 1. The quantitative estimate of drug-likeness (QED) is 0.582. The molecule has 0 aromatic carbocycles. The fourth-order valence-electron chi connectivity index (χ4n) is 2.10. The van der Waals surface area contributed by atoms with Crippen molar-refractivity contribution < 1.29 is 4.79 Å². The van der Waals surface area contributed by atoms with E-state index in [0.29, 0.717) is 0 Å². The van der Waals surface area contributed by atoms with E-state index in [4.69, 9.17) is 5.73 Å². The summed E-state index contributed by atoms with van der Waals surface area (Å²) in [5.41, 5.74) is 5.60. The molecule has 1 heterocycles. The SMILES string of the molecule is NCC(=O)N1CCCC12CC2. The molecule has 0 aromatic rings. The number of hydrogen-bond acceptors (Lipinski definition) is 2. The van der Waals surface area contributed by atoms with Gasteiger partial charge in [-0.15, -0.1) is 0 Å². The van der Waals surface area contributed by atoms with Crippen molar-refractivity contribution in [2.45, 2.75) is 31.2 Å². The molecule has 11 heavy (non-hydrogen) atoms. The summed E-state index contributed by atoms with van der Waals surface area (Å²) in [7, 11) is 0. The van der Waals surface area contributed by atoms with Gasteiger partial charge in [0.1, 0.15) is 0 Å². The van der Waals surface area contributed by atoms with E-state index in [1.54, 1.807) is 0 Å². The zero-order chi connectivity index (χ0) is 7.90. The van der Waals surface area contributed by atoms with Crippen LogP contribution >= 0.6 is 0 Å². The van der Waals surface area contributed by atoms with Crippen molar-refractivity contribution in [3.63, 3.8) is 0 Å². The van der Waals surface area contributed by atoms with Crippen LogP contribution in [0.5, 0.6) is 0 Å². The molecule has 2 aliphatic rings. The molecule has 0 bridgehead atoms. The van der Waals surface area contributed by atoms with E-state index in [9.17, 15) is 4.79 Å². The molecular formula is C8H14N2O. The molecule has 0 unspecified atom stereocenters. The molecular weight excluding hydrogens is 140 g/mol. The first-order chi connectivity index (χ1) is 5.28. The molecule has 1 saturated carbocycles. The molecule has 1 amide bonds. The fourth-order valence-corrected chi connectivity index (χ4v) is 2.10. The van der Waals surface area contributed by atoms with Gasteiger partial charge in [0.15, 0.2) is 0 Å². The first kappa shape index (κ1) is 7.10. The van der Waals surface area contributed by atoms with Crippen molar-refractivity contribution in [1.82, 2.24) is 4.90 Å². The Morgan fingerprint density at radius 3 is 2.73 bits per heavy atom. The first-order valence-corrected chi connectivity index (χ1v) is 4.29. The highest BCUT2D eigenvalue weighted by molar-refractivity contribution is 5.79. The zero-order valence-corrected chi connectivity index (χ0v) is 6.68. The van der Waals surface area contributed by atoms with E-state index in [1.807, 2.05) is 4.90 Å². The largest absolute Gasteiger partial charge is 0.336 e. The number of amides is 1. The van der Waals surface area contributed by atoms with Crippen molar-refractivity contribution in [2.24, 2.45) is 5.73 Å². The second-order valence-electron chi connectivity index (χ2n) is 3.58. The van der Waals surface area contributed by atoms with Crippen LogP contribution in [-0.2, 0) is 4.79 Å². The summed E-state index contributed by atoms with van der Waals surface area (Å²) < 4.78 is 0. The van der Waals surface area contributed by atoms with Gasteiger partial charge in [0, 0.05) is 12.1 Å². The second-order valence-corrected chi connectivity index (χ2v) is 3.58. The molecule has 1 spiro atoms. The van der Waals surface area contributed by atoms with E-state index in [1.165, 1.54) is 25.7 Å². The summed E-state index contributed by atoms with van der Waals surface area (Å²) in [5.74, 6) is 0.139. The molecule has 3 nitrogen and oxygen atoms in total. The van der Waals surface area contributed by atoms with Crippen LogP contribution in [-0.4, -0.2) is 29.4 Å². The number of nitrogens with two attached hydrogens (primary N) is 1. The van der Waals surface area contributed by atoms with Crippen molar-refractivity contribution >= 4 is 5.91 Å². The molecule has 3 heteroatoms. The van der Waals surface area contributed by atoms with Crippen LogP contribution in [0.1, 0.15) is 25.7 Å². The maximum atomic E-state index is 11.3. The molecule has 2 N–H and O–H groups in total. The predicted octanol–water partition coefficient (Wildman–Crippen LogP) is 0.100. The van der Waals surface area contributed by atoms with Gasteiger partial charge >= 0.3 is 0 Å². The van der Waals surface area contributed by atoms with Gasteiger partial charge in [-0.2, -0.15) is 0 Å². The molecule has 62 valence electrons. The average molecular weight is 154 g/mol. The van der Waals surface area contributed by atoms with Gasteiger partial charge in [0.25, 0.3) is 0 Å². The third-order valence-electron chi connectivity index (χ3n) is 2.90. The van der Waals surface area contributed by atoms with E-state index < -0.39 is 0 Å². The van der Waals surface area contributed by atoms with Gasteiger partial charge in [0.05, 0.1) is 6.54 Å². The molecule has 2 fully saturated rings. The number of carbonyl (C=O) groups excluding carboxylic acids is 1. The van der Waals surface area contributed by atoms with E-state index >= 15 is 0 Å². The Bertz CT molecular complexity index is 187. The lowest BCUT2D eigenvalue weighted by atomic mass is 10.2. The summed E-state index contributed by atoms with van der Waals surface area (Å²) in [6.07, 6.45) is 4.79. The maximum absolute atomic E-state index is 11.3. The molecule has 0 atom stereocenters. The zero-order valence-electron chi connectivity index (χ0n) is 6.68. The van der Waals surface area contributed by atoms with Crippen LogP contribution in [0.2, 0.25) is 0 Å². The van der Waals surface area contributed by atoms with Gasteiger partial charge in [-0.05, 0) is 25.7 Å². The number of hydrogen-bond donors (Lipinski definition) is 1. The number of nitrogens with zero attached hydrogens (tertiary/aromatic N) is 1. The Kier molecular flexibility index (Phi) is 1.42. The highest BCUT2D eigenvalue weighted by Crippen LogP contribution is 2.49. The minimum absolute atomic E-state index is 0.139. The van der Waals surface area contributed by atoms with Gasteiger partial charge in [0.2, 0.25) is 5.91 Å². The second kappa shape index (κ2) is 2.21. The van der Waals surface area contributed by atoms with Gasteiger partial charge in [-0.1, -0.05) is 0 Å². The molecule has 2 rings (SSSR count). The molecule has 0 aromatic heterocycles. The third kappa shape index (κ3) is 0.948. The molecule has 1 aliphatic heterocycles. The Balaban J connectivity index is 2.08. The molecule has 0 radical (unpaired) electrons. The summed E-state index contributed by atoms with van der Waals surface area (Å²) >= 11 is 0. The van der Waals surface area contributed by atoms with E-state index in [2.05, 4.69) is 0 Å². The smallest absolute Gasteiger partial charge is 0.236 e. The standard InChI is InChI=1S/C8H14N2O/c9-6-7(11)10-5-1-2-8(10)3-4-8/h1-6,9H2. The van der Waals surface area contributed by atoms with Gasteiger partial charge in [-0.25, -0.2) is 0 Å². The monoisotopic (exact) mass is 154 g/mol. The Hall–Kier alpha value is -0.570. The van der Waals surface area contributed by atoms with Gasteiger partial charge in [-0.3, -0.25) is 4.79 Å². The lowest BCUT2D eigenvalue weighted by Gasteiger charge is -2.23. The Morgan fingerprint density at radius 2 is 2.18 bits per heavy atom. The van der Waals surface area contributed by atoms with Crippen molar-refractivity contribution in [3.05, 3.63) is 0 Å². The topological polar surface area (TPSA) is 46.3 Å². The summed E-state index contributed by atoms with van der Waals surface area (Å²) in [4.78, 5) is 13.3. The number of carbonyl (C=O) groups is 1. The maximum Gasteiger partial charge on any atom is 0.236 e. The van der Waals surface area contributed by atoms with E-state index in [-0.39, 0.29) is 18.0 Å². The highest BCUT2D eigenvalue weighted by atomic mass is 16.2. The molecule has 1 aliphatic carbocycles. The van der Waals surface area contributed by atoms with Crippen molar-refractivity contribution in [2.75, 3.05) is 13.1 Å². The normalized spacial score (nSPS) is 26.1. The summed E-state index contributed by atoms with van der Waals surface area (Å²) in [5, 5.41) is 0. The van der Waals surface area contributed by atoms with Gasteiger partial charge < -0.3 is 10.6 Å². The van der Waals surface area contributed by atoms with Crippen molar-refractivity contribution in [3.8, 4) is 0 Å². The Labute approximate surface area is 66.5 Å². The lowest BCUT2D eigenvalue weighted by Crippen LogP contribution is -2.40. The van der Waals surface area contributed by atoms with Crippen molar-refractivity contribution in [1.29, 1.82) is 0 Å². The van der Waals surface area contributed by atoms with Crippen LogP contribution in [0.25, 0.3) is 0 Å². The highest BCUT2D eigenvalue weighted by Gasteiger charge is 2.52. The van der Waals surface area contributed by atoms with Crippen LogP contribution in [0.3, 0.4) is 0 Å². The van der Waals surface area contributed by atoms with Crippen LogP contribution in [0, 0.1) is 0 Å². The van der Waals surface area contributed by atoms with Crippen LogP contribution in [0.4, 0.5) is 0 Å². The fraction of sp³-hybridized carbons (Fsp3) is 0.875. The first-order valence-electron chi connectivity index (χ1n) is 4.29. The summed E-state index contributed by atoms with van der Waals surface area (Å²) in [6.45, 7) is 1.12. The molecule has 1 saturated heterocycles. The summed E-state index contributed by atoms with van der Waals surface area (Å²) in [6, 6.07) is 0. The predicted molar refractivity (Wildman–Crippen MR) is 42.0 cm³/mol. The van der Waals surface area contributed by atoms with E-state index in [0.717, 1.165) is 6.54 Å². The number of likely N-dealkylation sites (tertiary alicyclic amines) is 1. The Morgan fingerprint density at radius 1 is 1.45 bits per heavy atom. The minimum atomic E-state index is 0.139. The minimum Gasteiger partial charge on any atom is -0.336 e. The lowest BCUT2D eigenvalue weighted by molar-refractivity contribution is -0.131. The average Bonchev–Trinajstić information content (AvgIpc) is 2.63. The van der Waals surface area contributed by atoms with Crippen LogP contribution < -0.4 is 5.73 Å². The van der Waals surface area contributed by atoms with Crippen LogP contribution in [0.15, 0.2) is 0 Å². The third-order valence-corrected chi connectivity index (χ3v) is 2.90.